The number of rotatable bonds is 4. The Morgan fingerprint density at radius 2 is 1.54 bits per heavy atom. The van der Waals surface area contributed by atoms with Crippen LogP contribution in [0.2, 0.25) is 0 Å². The van der Waals surface area contributed by atoms with E-state index in [-0.39, 0.29) is 7.43 Å². The van der Waals surface area contributed by atoms with Crippen LogP contribution in [0.4, 0.5) is 0 Å². The molecule has 4 aromatic carbocycles. The molecule has 0 amide bonds. The van der Waals surface area contributed by atoms with Gasteiger partial charge >= 0.3 is 0 Å². The van der Waals surface area contributed by atoms with Crippen molar-refractivity contribution < 1.29 is 0 Å². The van der Waals surface area contributed by atoms with Gasteiger partial charge in [-0.15, -0.1) is 0 Å². The molecule has 1 N–H and O–H groups in total. The lowest BCUT2D eigenvalue weighted by Gasteiger charge is -2.08. The second-order valence-corrected chi connectivity index (χ2v) is 12.8. The topological polar surface area (TPSA) is 15.8 Å². The van der Waals surface area contributed by atoms with Crippen molar-refractivity contribution in [3.63, 3.8) is 0 Å². The summed E-state index contributed by atoms with van der Waals surface area (Å²) >= 11 is 2.05. The molecule has 0 radical (unpaired) electrons. The highest BCUT2D eigenvalue weighted by Gasteiger charge is 2.27. The van der Waals surface area contributed by atoms with Gasteiger partial charge in [0.15, 0.2) is 0 Å². The number of benzene rings is 4. The summed E-state index contributed by atoms with van der Waals surface area (Å²) in [6, 6.07) is 24.4. The average Bonchev–Trinajstić information content (AvgIpc) is 3.83. The molecule has 0 spiro atoms. The van der Waals surface area contributed by atoms with Crippen LogP contribution in [0.5, 0.6) is 0 Å². The van der Waals surface area contributed by atoms with E-state index in [9.17, 15) is 0 Å². The summed E-state index contributed by atoms with van der Waals surface area (Å²) in [6.07, 6.45) is 16.5. The second-order valence-electron chi connectivity index (χ2n) is 11.5. The van der Waals surface area contributed by atoms with Crippen LogP contribution in [0, 0.1) is 11.8 Å². The molecule has 1 aliphatic heterocycles. The molecule has 2 heteroatoms. The van der Waals surface area contributed by atoms with Gasteiger partial charge in [-0.25, -0.2) is 0 Å². The Morgan fingerprint density at radius 1 is 0.826 bits per heavy atom. The van der Waals surface area contributed by atoms with E-state index < -0.39 is 0 Å². The van der Waals surface area contributed by atoms with Crippen molar-refractivity contribution in [3.05, 3.63) is 131 Å². The fraction of sp³-hybridized carbons (Fsp3) is 0.273. The molecule has 1 aliphatic carbocycles. The molecule has 0 bridgehead atoms. The van der Waals surface area contributed by atoms with E-state index in [0.29, 0.717) is 0 Å². The predicted octanol–water partition coefficient (Wildman–Crippen LogP) is 13.3. The van der Waals surface area contributed by atoms with Gasteiger partial charge < -0.3 is 4.98 Å². The number of aromatic nitrogens is 1. The Balaban J connectivity index is 0.000000296. The summed E-state index contributed by atoms with van der Waals surface area (Å²) in [7, 11) is 0. The van der Waals surface area contributed by atoms with Gasteiger partial charge in [0.1, 0.15) is 0 Å². The minimum atomic E-state index is 0. The van der Waals surface area contributed by atoms with E-state index in [1.807, 2.05) is 20.8 Å². The number of hydrogen-bond acceptors (Lipinski definition) is 1. The summed E-state index contributed by atoms with van der Waals surface area (Å²) in [4.78, 5) is 3.52. The molecular weight excluding hydrogens is 575 g/mol. The van der Waals surface area contributed by atoms with E-state index in [0.717, 1.165) is 35.7 Å². The Labute approximate surface area is 281 Å². The van der Waals surface area contributed by atoms with Crippen molar-refractivity contribution in [1.82, 2.24) is 4.98 Å². The quantitative estimate of drug-likeness (QED) is 0.0692. The Bertz CT molecular complexity index is 2040. The summed E-state index contributed by atoms with van der Waals surface area (Å²) in [5, 5.41) is 9.77. The fourth-order valence-corrected chi connectivity index (χ4v) is 6.72. The molecule has 5 aromatic rings. The van der Waals surface area contributed by atoms with Crippen LogP contribution in [0.15, 0.2) is 125 Å². The van der Waals surface area contributed by atoms with Crippen LogP contribution in [0.3, 0.4) is 0 Å². The van der Waals surface area contributed by atoms with E-state index in [1.165, 1.54) is 60.2 Å². The number of hydrogen-bond donors (Lipinski definition) is 1. The third-order valence-corrected chi connectivity index (χ3v) is 9.15. The van der Waals surface area contributed by atoms with Gasteiger partial charge in [0.2, 0.25) is 0 Å². The first kappa shape index (κ1) is 34.7. The minimum Gasteiger partial charge on any atom is -0.348 e. The second kappa shape index (κ2) is 16.4. The minimum absolute atomic E-state index is 0. The molecular formula is C44H49NS. The van der Waals surface area contributed by atoms with Crippen LogP contribution in [-0.2, 0) is 0 Å². The van der Waals surface area contributed by atoms with Crippen molar-refractivity contribution in [2.24, 2.45) is 0 Å². The van der Waals surface area contributed by atoms with Gasteiger partial charge in [-0.2, -0.15) is 11.8 Å². The molecule has 1 atom stereocenters. The molecule has 1 saturated heterocycles. The van der Waals surface area contributed by atoms with Gasteiger partial charge in [0.05, 0.1) is 5.69 Å². The average molecular weight is 624 g/mol. The number of H-pyrrole nitrogens is 1. The molecule has 46 heavy (non-hydrogen) atoms. The summed E-state index contributed by atoms with van der Waals surface area (Å²) < 4.78 is 0. The maximum absolute atomic E-state index is 3.52. The van der Waals surface area contributed by atoms with Crippen molar-refractivity contribution in [2.45, 2.75) is 73.5 Å². The standard InChI is InChI=1S/C30H21NS.C11H18.C2H6.CH4/c1-2-4-22-16-27-23(15-21(22)3-1)10-12-26-25(27)13-14-29-28(26)17-24(31-29)11-7-19-5-8-20(9-6-19)30-18-32-30;1-5-7-10(3)9-11(4)8-6-2;1-2;/h1-5,8,10,12-17,30-31H,6,9,18H2;5,7-9H,6H2,1-4H3;1-2H3;1H4/b;7-5-,10-9+,11-8+;;. The van der Waals surface area contributed by atoms with Crippen molar-refractivity contribution in [2.75, 3.05) is 5.75 Å². The summed E-state index contributed by atoms with van der Waals surface area (Å²) in [6.45, 7) is 12.4. The molecule has 1 fully saturated rings. The van der Waals surface area contributed by atoms with Crippen LogP contribution in [-0.4, -0.2) is 16.0 Å². The zero-order chi connectivity index (χ0) is 31.8. The van der Waals surface area contributed by atoms with Gasteiger partial charge in [-0.3, -0.25) is 0 Å². The first-order chi connectivity index (χ1) is 22.0. The Hall–Kier alpha value is -4.19. The van der Waals surface area contributed by atoms with E-state index in [1.54, 1.807) is 5.57 Å². The molecule has 1 aromatic heterocycles. The molecule has 236 valence electrons. The Kier molecular flexibility index (Phi) is 12.4. The number of nitrogens with one attached hydrogen (secondary N) is 1. The molecule has 1 nitrogen and oxygen atoms in total. The van der Waals surface area contributed by atoms with Crippen molar-refractivity contribution >= 4 is 55.0 Å². The van der Waals surface area contributed by atoms with Crippen molar-refractivity contribution in [1.29, 1.82) is 0 Å². The SMILES string of the molecule is C.C(#Cc1cc2c(ccc3c4cc5ccccc5cc4ccc23)[nH]1)C1=CC=C(C2CS2)CC1.CC.C\C=C/C(C)=C/C(C)=C/CC. The van der Waals surface area contributed by atoms with Gasteiger partial charge in [0.25, 0.3) is 0 Å². The first-order valence-corrected chi connectivity index (χ1v) is 17.4. The maximum Gasteiger partial charge on any atom is 0.0908 e. The van der Waals surface area contributed by atoms with E-state index in [2.05, 4.69) is 153 Å². The van der Waals surface area contributed by atoms with Crippen molar-refractivity contribution in [3.8, 4) is 11.8 Å². The largest absolute Gasteiger partial charge is 0.348 e. The molecule has 1 unspecified atom stereocenters. The van der Waals surface area contributed by atoms with Gasteiger partial charge in [-0.1, -0.05) is 130 Å². The van der Waals surface area contributed by atoms with E-state index >= 15 is 0 Å². The molecule has 2 heterocycles. The van der Waals surface area contributed by atoms with Crippen LogP contribution in [0.25, 0.3) is 43.2 Å². The summed E-state index contributed by atoms with van der Waals surface area (Å²) in [5.74, 6) is 8.09. The first-order valence-electron chi connectivity index (χ1n) is 16.4. The predicted molar refractivity (Wildman–Crippen MR) is 210 cm³/mol. The number of allylic oxidation sites excluding steroid dienone is 9. The highest BCUT2D eigenvalue weighted by atomic mass is 32.2. The smallest absolute Gasteiger partial charge is 0.0908 e. The zero-order valence-corrected chi connectivity index (χ0v) is 28.4. The van der Waals surface area contributed by atoms with Crippen LogP contribution >= 0.6 is 11.8 Å². The highest BCUT2D eigenvalue weighted by Crippen LogP contribution is 2.40. The number of thioether (sulfide) groups is 1. The monoisotopic (exact) mass is 623 g/mol. The number of aromatic amines is 1. The van der Waals surface area contributed by atoms with Gasteiger partial charge in [0, 0.05) is 27.5 Å². The Morgan fingerprint density at radius 3 is 2.22 bits per heavy atom. The van der Waals surface area contributed by atoms with Crippen LogP contribution in [0.1, 0.15) is 73.9 Å². The zero-order valence-electron chi connectivity index (χ0n) is 27.6. The van der Waals surface area contributed by atoms with Gasteiger partial charge in [-0.05, 0) is 103 Å². The lowest BCUT2D eigenvalue weighted by atomic mass is 9.96. The lowest BCUT2D eigenvalue weighted by Crippen LogP contribution is -1.97. The normalized spacial score (nSPS) is 16.1. The highest BCUT2D eigenvalue weighted by molar-refractivity contribution is 8.07. The fourth-order valence-electron chi connectivity index (χ4n) is 6.00. The maximum atomic E-state index is 3.52. The molecule has 7 rings (SSSR count). The molecule has 2 aliphatic rings. The lowest BCUT2D eigenvalue weighted by molar-refractivity contribution is 0.909. The van der Waals surface area contributed by atoms with E-state index in [4.69, 9.17) is 0 Å². The molecule has 0 saturated carbocycles. The summed E-state index contributed by atoms with van der Waals surface area (Å²) in [5.41, 5.74) is 7.63. The van der Waals surface area contributed by atoms with Crippen LogP contribution < -0.4 is 0 Å². The third kappa shape index (κ3) is 8.34. The third-order valence-electron chi connectivity index (χ3n) is 8.18. The number of fused-ring (bicyclic) bond motifs is 6.